The van der Waals surface area contributed by atoms with Gasteiger partial charge >= 0.3 is 0 Å². The maximum absolute atomic E-state index is 12.3. The van der Waals surface area contributed by atoms with Crippen LogP contribution in [0.3, 0.4) is 0 Å². The van der Waals surface area contributed by atoms with Gasteiger partial charge in [0.05, 0.1) is 11.6 Å². The second-order valence-electron chi connectivity index (χ2n) is 5.80. The number of nitrogens with zero attached hydrogens (tertiary/aromatic N) is 2. The van der Waals surface area contributed by atoms with Gasteiger partial charge in [0, 0.05) is 24.0 Å². The third kappa shape index (κ3) is 2.90. The lowest BCUT2D eigenvalue weighted by Gasteiger charge is -2.44. The van der Waals surface area contributed by atoms with Crippen molar-refractivity contribution in [3.63, 3.8) is 0 Å². The van der Waals surface area contributed by atoms with Gasteiger partial charge in [-0.3, -0.25) is 4.79 Å². The molecule has 0 bridgehead atoms. The van der Waals surface area contributed by atoms with E-state index in [2.05, 4.69) is 11.4 Å². The van der Waals surface area contributed by atoms with Crippen LogP contribution in [0.1, 0.15) is 30.4 Å². The van der Waals surface area contributed by atoms with Gasteiger partial charge in [-0.15, -0.1) is 0 Å². The molecule has 0 radical (unpaired) electrons. The van der Waals surface area contributed by atoms with Crippen LogP contribution in [0.5, 0.6) is 0 Å². The largest absolute Gasteiger partial charge is 0.335 e. The Morgan fingerprint density at radius 2 is 2.29 bits per heavy atom. The number of halogens is 1. The summed E-state index contributed by atoms with van der Waals surface area (Å²) in [6.07, 6.45) is 2.61. The second-order valence-corrected chi connectivity index (χ2v) is 6.21. The number of hydrogen-bond donors (Lipinski definition) is 1. The van der Waals surface area contributed by atoms with Gasteiger partial charge in [-0.1, -0.05) is 17.7 Å². The molecule has 2 saturated heterocycles. The standard InChI is InChI=1S/C16H18ClN3O/c17-14-7-11(8-18)1-2-13(14)10-20-15-5-6-19-9-12(15)3-4-16(20)21/h1-2,7,12,15,19H,3-6,9-10H2. The van der Waals surface area contributed by atoms with Crippen LogP contribution in [0, 0.1) is 17.2 Å². The van der Waals surface area contributed by atoms with E-state index in [1.165, 1.54) is 0 Å². The van der Waals surface area contributed by atoms with Crippen molar-refractivity contribution in [2.24, 2.45) is 5.92 Å². The average Bonchev–Trinajstić information content (AvgIpc) is 2.51. The lowest BCUT2D eigenvalue weighted by atomic mass is 9.84. The van der Waals surface area contributed by atoms with Crippen LogP contribution in [0.4, 0.5) is 0 Å². The molecule has 2 aliphatic rings. The van der Waals surface area contributed by atoms with Crippen molar-refractivity contribution < 1.29 is 4.79 Å². The van der Waals surface area contributed by atoms with E-state index in [0.717, 1.165) is 31.5 Å². The summed E-state index contributed by atoms with van der Waals surface area (Å²) in [5, 5.41) is 12.9. The maximum atomic E-state index is 12.3. The predicted molar refractivity (Wildman–Crippen MR) is 80.7 cm³/mol. The Morgan fingerprint density at radius 1 is 1.43 bits per heavy atom. The molecule has 0 aromatic heterocycles. The van der Waals surface area contributed by atoms with Crippen LogP contribution in [0.15, 0.2) is 18.2 Å². The fraction of sp³-hybridized carbons (Fsp3) is 0.500. The highest BCUT2D eigenvalue weighted by atomic mass is 35.5. The lowest BCUT2D eigenvalue weighted by molar-refractivity contribution is -0.140. The highest BCUT2D eigenvalue weighted by Gasteiger charge is 2.37. The van der Waals surface area contributed by atoms with E-state index in [4.69, 9.17) is 16.9 Å². The molecule has 1 aromatic carbocycles. The number of amides is 1. The number of carbonyl (C=O) groups is 1. The Bertz CT molecular complexity index is 596. The first-order valence-electron chi connectivity index (χ1n) is 7.38. The number of nitrogens with one attached hydrogen (secondary N) is 1. The first-order chi connectivity index (χ1) is 10.2. The summed E-state index contributed by atoms with van der Waals surface area (Å²) >= 11 is 6.25. The number of likely N-dealkylation sites (tertiary alicyclic amines) is 1. The van der Waals surface area contributed by atoms with E-state index in [-0.39, 0.29) is 5.91 Å². The zero-order chi connectivity index (χ0) is 14.8. The molecule has 1 aromatic rings. The van der Waals surface area contributed by atoms with E-state index in [1.54, 1.807) is 12.1 Å². The fourth-order valence-electron chi connectivity index (χ4n) is 3.39. The van der Waals surface area contributed by atoms with E-state index in [9.17, 15) is 4.79 Å². The highest BCUT2D eigenvalue weighted by Crippen LogP contribution is 2.31. The van der Waals surface area contributed by atoms with Crippen molar-refractivity contribution in [3.05, 3.63) is 34.3 Å². The van der Waals surface area contributed by atoms with Crippen LogP contribution < -0.4 is 5.32 Å². The number of benzene rings is 1. The number of piperidine rings is 2. The summed E-state index contributed by atoms with van der Waals surface area (Å²) in [5.41, 5.74) is 1.47. The predicted octanol–water partition coefficient (Wildman–Crippen LogP) is 2.31. The molecule has 1 N–H and O–H groups in total. The van der Waals surface area contributed by atoms with Crippen LogP contribution in [-0.4, -0.2) is 29.9 Å². The first-order valence-corrected chi connectivity index (χ1v) is 7.75. The lowest BCUT2D eigenvalue weighted by Crippen LogP contribution is -2.54. The average molecular weight is 304 g/mol. The zero-order valence-corrected chi connectivity index (χ0v) is 12.6. The molecule has 2 fully saturated rings. The highest BCUT2D eigenvalue weighted by molar-refractivity contribution is 6.31. The summed E-state index contributed by atoms with van der Waals surface area (Å²) in [7, 11) is 0. The van der Waals surface area contributed by atoms with Crippen molar-refractivity contribution in [1.29, 1.82) is 5.26 Å². The Morgan fingerprint density at radius 3 is 3.05 bits per heavy atom. The van der Waals surface area contributed by atoms with E-state index in [1.807, 2.05) is 11.0 Å². The van der Waals surface area contributed by atoms with Gasteiger partial charge in [-0.05, 0) is 49.5 Å². The summed E-state index contributed by atoms with van der Waals surface area (Å²) in [4.78, 5) is 14.3. The van der Waals surface area contributed by atoms with Crippen molar-refractivity contribution in [1.82, 2.24) is 10.2 Å². The monoisotopic (exact) mass is 303 g/mol. The normalized spacial score (nSPS) is 25.3. The van der Waals surface area contributed by atoms with Crippen molar-refractivity contribution in [3.8, 4) is 6.07 Å². The number of rotatable bonds is 2. The Labute approximate surface area is 129 Å². The quantitative estimate of drug-likeness (QED) is 0.912. The molecular weight excluding hydrogens is 286 g/mol. The summed E-state index contributed by atoms with van der Waals surface area (Å²) in [5.74, 6) is 0.771. The Balaban J connectivity index is 1.81. The van der Waals surface area contributed by atoms with Gasteiger partial charge in [0.15, 0.2) is 0 Å². The molecule has 3 rings (SSSR count). The zero-order valence-electron chi connectivity index (χ0n) is 11.8. The smallest absolute Gasteiger partial charge is 0.223 e. The minimum Gasteiger partial charge on any atom is -0.335 e. The molecule has 0 saturated carbocycles. The van der Waals surface area contributed by atoms with Gasteiger partial charge in [-0.25, -0.2) is 0 Å². The van der Waals surface area contributed by atoms with Crippen molar-refractivity contribution in [2.75, 3.05) is 13.1 Å². The summed E-state index contributed by atoms with van der Waals surface area (Å²) in [6, 6.07) is 7.69. The number of hydrogen-bond acceptors (Lipinski definition) is 3. The van der Waals surface area contributed by atoms with Gasteiger partial charge in [0.25, 0.3) is 0 Å². The summed E-state index contributed by atoms with van der Waals surface area (Å²) < 4.78 is 0. The van der Waals surface area contributed by atoms with E-state index in [0.29, 0.717) is 35.5 Å². The van der Waals surface area contributed by atoms with Crippen LogP contribution in [-0.2, 0) is 11.3 Å². The molecule has 21 heavy (non-hydrogen) atoms. The fourth-order valence-corrected chi connectivity index (χ4v) is 3.63. The SMILES string of the molecule is N#Cc1ccc(CN2C(=O)CCC3CNCCC32)c(Cl)c1. The van der Waals surface area contributed by atoms with Gasteiger partial charge in [0.1, 0.15) is 0 Å². The molecule has 4 nitrogen and oxygen atoms in total. The molecule has 110 valence electrons. The molecule has 2 unspecified atom stereocenters. The van der Waals surface area contributed by atoms with E-state index >= 15 is 0 Å². The third-order valence-electron chi connectivity index (χ3n) is 4.54. The Kier molecular flexibility index (Phi) is 4.14. The van der Waals surface area contributed by atoms with Gasteiger partial charge in [-0.2, -0.15) is 5.26 Å². The third-order valence-corrected chi connectivity index (χ3v) is 4.89. The molecule has 2 heterocycles. The molecule has 1 amide bonds. The minimum atomic E-state index is 0.221. The number of fused-ring (bicyclic) bond motifs is 1. The molecule has 0 aliphatic carbocycles. The molecular formula is C16H18ClN3O. The van der Waals surface area contributed by atoms with Crippen LogP contribution in [0.2, 0.25) is 5.02 Å². The molecule has 2 aliphatic heterocycles. The molecule has 2 atom stereocenters. The molecule has 0 spiro atoms. The second kappa shape index (κ2) is 6.05. The minimum absolute atomic E-state index is 0.221. The van der Waals surface area contributed by atoms with Gasteiger partial charge < -0.3 is 10.2 Å². The first kappa shape index (κ1) is 14.4. The van der Waals surface area contributed by atoms with Crippen LogP contribution in [0.25, 0.3) is 0 Å². The molecule has 5 heteroatoms. The van der Waals surface area contributed by atoms with E-state index < -0.39 is 0 Å². The van der Waals surface area contributed by atoms with Crippen LogP contribution >= 0.6 is 11.6 Å². The summed E-state index contributed by atoms with van der Waals surface area (Å²) in [6.45, 7) is 2.51. The number of carbonyl (C=O) groups excluding carboxylic acids is 1. The van der Waals surface area contributed by atoms with Crippen molar-refractivity contribution >= 4 is 17.5 Å². The van der Waals surface area contributed by atoms with Crippen molar-refractivity contribution in [2.45, 2.75) is 31.8 Å². The number of nitriles is 1. The Hall–Kier alpha value is -1.57. The maximum Gasteiger partial charge on any atom is 0.223 e. The topological polar surface area (TPSA) is 56.1 Å². The van der Waals surface area contributed by atoms with Gasteiger partial charge in [0.2, 0.25) is 5.91 Å².